The molecule has 5 heteroatoms. The number of carbonyl (C=O) groups excluding carboxylic acids is 1. The SMILES string of the molecule is CC1Oc2ccc(CN)cc2N(C(C)(C)CN)C1=O. The van der Waals surface area contributed by atoms with Crippen molar-refractivity contribution in [2.75, 3.05) is 11.4 Å². The number of benzene rings is 1. The van der Waals surface area contributed by atoms with Crippen LogP contribution in [0.1, 0.15) is 26.3 Å². The number of hydrogen-bond donors (Lipinski definition) is 2. The van der Waals surface area contributed by atoms with Crippen LogP contribution in [0, 0.1) is 0 Å². The maximum absolute atomic E-state index is 12.4. The average Bonchev–Trinajstić information content (AvgIpc) is 2.39. The van der Waals surface area contributed by atoms with E-state index in [4.69, 9.17) is 16.2 Å². The summed E-state index contributed by atoms with van der Waals surface area (Å²) in [6.45, 7) is 6.44. The first-order valence-electron chi connectivity index (χ1n) is 6.44. The van der Waals surface area contributed by atoms with E-state index in [0.29, 0.717) is 18.8 Å². The molecule has 0 bridgehead atoms. The first-order chi connectivity index (χ1) is 8.90. The minimum absolute atomic E-state index is 0.0721. The molecule has 1 atom stereocenters. The normalized spacial score (nSPS) is 19.1. The van der Waals surface area contributed by atoms with Crippen LogP contribution >= 0.6 is 0 Å². The fourth-order valence-electron chi connectivity index (χ4n) is 2.22. The Kier molecular flexibility index (Phi) is 3.52. The molecule has 19 heavy (non-hydrogen) atoms. The van der Waals surface area contributed by atoms with Gasteiger partial charge in [0.2, 0.25) is 0 Å². The summed E-state index contributed by atoms with van der Waals surface area (Å²) in [5.41, 5.74) is 12.7. The number of nitrogens with two attached hydrogens (primary N) is 2. The van der Waals surface area contributed by atoms with Gasteiger partial charge in [-0.15, -0.1) is 0 Å². The third-order valence-electron chi connectivity index (χ3n) is 3.48. The second-order valence-corrected chi connectivity index (χ2v) is 5.46. The maximum atomic E-state index is 12.4. The number of nitrogens with zero attached hydrogens (tertiary/aromatic N) is 1. The molecule has 5 nitrogen and oxygen atoms in total. The number of ether oxygens (including phenoxy) is 1. The molecule has 0 aromatic heterocycles. The van der Waals surface area contributed by atoms with Gasteiger partial charge in [0.1, 0.15) is 5.75 Å². The molecule has 1 heterocycles. The topological polar surface area (TPSA) is 81.6 Å². The lowest BCUT2D eigenvalue weighted by molar-refractivity contribution is -0.126. The molecule has 1 aliphatic heterocycles. The van der Waals surface area contributed by atoms with E-state index < -0.39 is 11.6 Å². The molecule has 2 rings (SSSR count). The maximum Gasteiger partial charge on any atom is 0.268 e. The lowest BCUT2D eigenvalue weighted by Gasteiger charge is -2.43. The minimum Gasteiger partial charge on any atom is -0.479 e. The van der Waals surface area contributed by atoms with Crippen LogP contribution in [0.25, 0.3) is 0 Å². The van der Waals surface area contributed by atoms with Gasteiger partial charge < -0.3 is 16.2 Å². The molecule has 0 saturated carbocycles. The zero-order valence-corrected chi connectivity index (χ0v) is 11.6. The molecule has 0 fully saturated rings. The van der Waals surface area contributed by atoms with Crippen LogP contribution in [-0.4, -0.2) is 24.1 Å². The van der Waals surface area contributed by atoms with E-state index in [-0.39, 0.29) is 5.91 Å². The number of rotatable bonds is 3. The summed E-state index contributed by atoms with van der Waals surface area (Å²) in [5.74, 6) is 0.628. The Morgan fingerprint density at radius 2 is 2.05 bits per heavy atom. The highest BCUT2D eigenvalue weighted by atomic mass is 16.5. The molecule has 1 unspecified atom stereocenters. The molecule has 0 saturated heterocycles. The summed E-state index contributed by atoms with van der Waals surface area (Å²) < 4.78 is 5.64. The van der Waals surface area contributed by atoms with Crippen molar-refractivity contribution in [3.05, 3.63) is 23.8 Å². The van der Waals surface area contributed by atoms with E-state index in [0.717, 1.165) is 11.3 Å². The minimum atomic E-state index is -0.498. The number of hydrogen-bond acceptors (Lipinski definition) is 4. The first-order valence-corrected chi connectivity index (χ1v) is 6.44. The molecular formula is C14H21N3O2. The standard InChI is InChI=1S/C14H21N3O2/c1-9-13(18)17(14(2,3)8-16)11-6-10(7-15)4-5-12(11)19-9/h4-6,9H,7-8,15-16H2,1-3H3. The van der Waals surface area contributed by atoms with E-state index in [2.05, 4.69) is 0 Å². The van der Waals surface area contributed by atoms with Gasteiger partial charge in [-0.25, -0.2) is 0 Å². The summed E-state index contributed by atoms with van der Waals surface area (Å²) in [6.07, 6.45) is -0.498. The number of anilines is 1. The molecule has 104 valence electrons. The quantitative estimate of drug-likeness (QED) is 0.852. The van der Waals surface area contributed by atoms with Crippen LogP contribution in [0.3, 0.4) is 0 Å². The van der Waals surface area contributed by atoms with Gasteiger partial charge in [0.25, 0.3) is 5.91 Å². The van der Waals surface area contributed by atoms with Gasteiger partial charge in [-0.3, -0.25) is 9.69 Å². The average molecular weight is 263 g/mol. The van der Waals surface area contributed by atoms with E-state index in [1.54, 1.807) is 11.8 Å². The lowest BCUT2D eigenvalue weighted by atomic mass is 9.98. The van der Waals surface area contributed by atoms with Crippen molar-refractivity contribution in [2.45, 2.75) is 39.0 Å². The summed E-state index contributed by atoms with van der Waals surface area (Å²) in [5, 5.41) is 0. The van der Waals surface area contributed by atoms with Crippen molar-refractivity contribution < 1.29 is 9.53 Å². The Morgan fingerprint density at radius 3 is 2.63 bits per heavy atom. The lowest BCUT2D eigenvalue weighted by Crippen LogP contribution is -2.58. The molecule has 0 aliphatic carbocycles. The highest BCUT2D eigenvalue weighted by molar-refractivity contribution is 6.01. The largest absolute Gasteiger partial charge is 0.479 e. The summed E-state index contributed by atoms with van der Waals surface area (Å²) in [7, 11) is 0. The monoisotopic (exact) mass is 263 g/mol. The zero-order valence-electron chi connectivity index (χ0n) is 11.6. The van der Waals surface area contributed by atoms with E-state index >= 15 is 0 Å². The summed E-state index contributed by atoms with van der Waals surface area (Å²) >= 11 is 0. The van der Waals surface area contributed by atoms with E-state index in [1.165, 1.54) is 0 Å². The van der Waals surface area contributed by atoms with Crippen LogP contribution in [0.2, 0.25) is 0 Å². The molecule has 1 aromatic rings. The highest BCUT2D eigenvalue weighted by Crippen LogP contribution is 2.38. The van der Waals surface area contributed by atoms with Crippen molar-refractivity contribution >= 4 is 11.6 Å². The smallest absolute Gasteiger partial charge is 0.268 e. The molecule has 0 spiro atoms. The second kappa shape index (κ2) is 4.83. The number of amides is 1. The molecule has 0 radical (unpaired) electrons. The van der Waals surface area contributed by atoms with Crippen LogP contribution < -0.4 is 21.1 Å². The third-order valence-corrected chi connectivity index (χ3v) is 3.48. The van der Waals surface area contributed by atoms with Gasteiger partial charge >= 0.3 is 0 Å². The first kappa shape index (κ1) is 13.8. The van der Waals surface area contributed by atoms with E-state index in [1.807, 2.05) is 32.0 Å². The van der Waals surface area contributed by atoms with Gasteiger partial charge in [0, 0.05) is 13.1 Å². The molecular weight excluding hydrogens is 242 g/mol. The van der Waals surface area contributed by atoms with E-state index in [9.17, 15) is 4.79 Å². The highest BCUT2D eigenvalue weighted by Gasteiger charge is 2.39. The van der Waals surface area contributed by atoms with Crippen molar-refractivity contribution in [3.8, 4) is 5.75 Å². The fraction of sp³-hybridized carbons (Fsp3) is 0.500. The molecule has 4 N–H and O–H groups in total. The molecule has 1 aromatic carbocycles. The van der Waals surface area contributed by atoms with Gasteiger partial charge in [-0.2, -0.15) is 0 Å². The molecule has 1 aliphatic rings. The second-order valence-electron chi connectivity index (χ2n) is 5.46. The van der Waals surface area contributed by atoms with Crippen molar-refractivity contribution in [3.63, 3.8) is 0 Å². The van der Waals surface area contributed by atoms with Gasteiger partial charge in [0.05, 0.1) is 11.2 Å². The Balaban J connectivity index is 2.57. The summed E-state index contributed by atoms with van der Waals surface area (Å²) in [4.78, 5) is 14.1. The fourth-order valence-corrected chi connectivity index (χ4v) is 2.22. The zero-order chi connectivity index (χ0) is 14.2. The van der Waals surface area contributed by atoms with Crippen molar-refractivity contribution in [1.29, 1.82) is 0 Å². The van der Waals surface area contributed by atoms with Gasteiger partial charge in [0.15, 0.2) is 6.10 Å². The third kappa shape index (κ3) is 2.31. The van der Waals surface area contributed by atoms with Crippen LogP contribution in [0.5, 0.6) is 5.75 Å². The Bertz CT molecular complexity index is 499. The molecule has 1 amide bonds. The van der Waals surface area contributed by atoms with Crippen molar-refractivity contribution in [1.82, 2.24) is 0 Å². The van der Waals surface area contributed by atoms with Crippen molar-refractivity contribution in [2.24, 2.45) is 11.5 Å². The van der Waals surface area contributed by atoms with Gasteiger partial charge in [-0.05, 0) is 38.5 Å². The summed E-state index contributed by atoms with van der Waals surface area (Å²) in [6, 6.07) is 5.67. The predicted octanol–water partition coefficient (Wildman–Crippen LogP) is 0.996. The number of fused-ring (bicyclic) bond motifs is 1. The van der Waals surface area contributed by atoms with Gasteiger partial charge in [-0.1, -0.05) is 6.07 Å². The van der Waals surface area contributed by atoms with Crippen LogP contribution in [0.4, 0.5) is 5.69 Å². The van der Waals surface area contributed by atoms with Crippen LogP contribution in [0.15, 0.2) is 18.2 Å². The Morgan fingerprint density at radius 1 is 1.37 bits per heavy atom. The Hall–Kier alpha value is -1.59. The predicted molar refractivity (Wildman–Crippen MR) is 75.0 cm³/mol. The number of carbonyl (C=O) groups is 1. The Labute approximate surface area is 113 Å². The van der Waals surface area contributed by atoms with Crippen LogP contribution in [-0.2, 0) is 11.3 Å².